The Morgan fingerprint density at radius 1 is 1.50 bits per heavy atom. The fraction of sp³-hybridized carbons (Fsp3) is 0.900. The molecule has 0 aromatic carbocycles. The molecule has 1 rings (SSSR count). The Balaban J connectivity index is 2.91. The predicted molar refractivity (Wildman–Crippen MR) is 60.9 cm³/mol. The average Bonchev–Trinajstić information content (AvgIpc) is 2.42. The summed E-state index contributed by atoms with van der Waals surface area (Å²) in [5, 5.41) is 3.04. The van der Waals surface area contributed by atoms with Crippen molar-refractivity contribution in [2.75, 3.05) is 18.1 Å². The molecule has 0 saturated carbocycles. The van der Waals surface area contributed by atoms with Crippen LogP contribution in [0.1, 0.15) is 27.2 Å². The van der Waals surface area contributed by atoms with E-state index < -0.39 is 21.3 Å². The first-order valence-corrected chi connectivity index (χ1v) is 7.29. The molecule has 1 saturated heterocycles. The number of hydrogen-bond acceptors (Lipinski definition) is 5. The molecule has 6 heteroatoms. The molecule has 1 aliphatic heterocycles. The second-order valence-corrected chi connectivity index (χ2v) is 6.63. The fourth-order valence-electron chi connectivity index (χ4n) is 2.01. The first-order valence-electron chi connectivity index (χ1n) is 5.47. The van der Waals surface area contributed by atoms with Gasteiger partial charge in [0, 0.05) is 6.04 Å². The van der Waals surface area contributed by atoms with Crippen molar-refractivity contribution in [3.8, 4) is 0 Å². The van der Waals surface area contributed by atoms with E-state index in [0.717, 1.165) is 0 Å². The molecule has 0 aliphatic carbocycles. The van der Waals surface area contributed by atoms with E-state index in [1.165, 1.54) is 0 Å². The van der Waals surface area contributed by atoms with Crippen molar-refractivity contribution in [2.24, 2.45) is 0 Å². The number of carbonyl (C=O) groups is 1. The molecule has 0 radical (unpaired) electrons. The molecule has 0 amide bonds. The van der Waals surface area contributed by atoms with Crippen molar-refractivity contribution in [1.82, 2.24) is 5.32 Å². The molecule has 1 unspecified atom stereocenters. The third-order valence-corrected chi connectivity index (χ3v) is 4.30. The number of esters is 1. The van der Waals surface area contributed by atoms with Gasteiger partial charge in [-0.25, -0.2) is 8.42 Å². The highest BCUT2D eigenvalue weighted by atomic mass is 32.2. The number of ether oxygens (including phenoxy) is 1. The fourth-order valence-corrected chi connectivity index (χ4v) is 3.91. The Hall–Kier alpha value is -0.620. The first kappa shape index (κ1) is 13.4. The molecule has 1 aliphatic rings. The van der Waals surface area contributed by atoms with Crippen LogP contribution < -0.4 is 5.32 Å². The van der Waals surface area contributed by atoms with E-state index in [1.807, 2.05) is 13.8 Å². The minimum absolute atomic E-state index is 0.0395. The average molecular weight is 249 g/mol. The van der Waals surface area contributed by atoms with E-state index >= 15 is 0 Å². The van der Waals surface area contributed by atoms with Gasteiger partial charge >= 0.3 is 5.97 Å². The standard InChI is InChI=1S/C10H19NO4S/c1-4-15-9(12)10(11-8(2)3)5-6-16(13,14)7-10/h8,11H,4-7H2,1-3H3. The molecular formula is C10H19NO4S. The zero-order valence-corrected chi connectivity index (χ0v) is 10.8. The summed E-state index contributed by atoms with van der Waals surface area (Å²) in [7, 11) is -3.13. The highest BCUT2D eigenvalue weighted by Crippen LogP contribution is 2.25. The molecule has 1 heterocycles. The molecule has 5 nitrogen and oxygen atoms in total. The van der Waals surface area contributed by atoms with Gasteiger partial charge in [0.2, 0.25) is 0 Å². The Labute approximate surface area is 96.5 Å². The lowest BCUT2D eigenvalue weighted by Gasteiger charge is -2.28. The number of sulfone groups is 1. The first-order chi connectivity index (χ1) is 7.31. The van der Waals surface area contributed by atoms with Gasteiger partial charge in [-0.15, -0.1) is 0 Å². The molecular weight excluding hydrogens is 230 g/mol. The van der Waals surface area contributed by atoms with E-state index in [1.54, 1.807) is 6.92 Å². The lowest BCUT2D eigenvalue weighted by atomic mass is 9.98. The van der Waals surface area contributed by atoms with Crippen LogP contribution >= 0.6 is 0 Å². The van der Waals surface area contributed by atoms with Gasteiger partial charge in [-0.2, -0.15) is 0 Å². The smallest absolute Gasteiger partial charge is 0.327 e. The van der Waals surface area contributed by atoms with Gasteiger partial charge in [0.1, 0.15) is 5.54 Å². The minimum atomic E-state index is -3.13. The molecule has 1 atom stereocenters. The summed E-state index contributed by atoms with van der Waals surface area (Å²) in [4.78, 5) is 11.8. The number of nitrogens with one attached hydrogen (secondary N) is 1. The summed E-state index contributed by atoms with van der Waals surface area (Å²) >= 11 is 0. The van der Waals surface area contributed by atoms with Crippen molar-refractivity contribution in [3.63, 3.8) is 0 Å². The van der Waals surface area contributed by atoms with Crippen LogP contribution in [0.4, 0.5) is 0 Å². The van der Waals surface area contributed by atoms with Crippen LogP contribution in [0.2, 0.25) is 0 Å². The van der Waals surface area contributed by atoms with Crippen molar-refractivity contribution in [3.05, 3.63) is 0 Å². The van der Waals surface area contributed by atoms with Crippen LogP contribution in [0.3, 0.4) is 0 Å². The number of carbonyl (C=O) groups excluding carboxylic acids is 1. The summed E-state index contributed by atoms with van der Waals surface area (Å²) in [6.07, 6.45) is 0.298. The van der Waals surface area contributed by atoms with Crippen molar-refractivity contribution >= 4 is 15.8 Å². The Morgan fingerprint density at radius 3 is 2.50 bits per heavy atom. The lowest BCUT2D eigenvalue weighted by molar-refractivity contribution is -0.150. The molecule has 94 valence electrons. The highest BCUT2D eigenvalue weighted by molar-refractivity contribution is 7.91. The Bertz CT molecular complexity index is 363. The van der Waals surface area contributed by atoms with Gasteiger partial charge in [-0.05, 0) is 27.2 Å². The third-order valence-electron chi connectivity index (χ3n) is 2.54. The third kappa shape index (κ3) is 2.95. The van der Waals surface area contributed by atoms with Gasteiger partial charge < -0.3 is 4.74 Å². The number of rotatable bonds is 4. The van der Waals surface area contributed by atoms with E-state index in [9.17, 15) is 13.2 Å². The summed E-state index contributed by atoms with van der Waals surface area (Å²) in [6, 6.07) is 0.0395. The van der Waals surface area contributed by atoms with Crippen LogP contribution in [-0.2, 0) is 19.4 Å². The minimum Gasteiger partial charge on any atom is -0.465 e. The highest BCUT2D eigenvalue weighted by Gasteiger charge is 2.49. The topological polar surface area (TPSA) is 72.5 Å². The normalized spacial score (nSPS) is 28.2. The van der Waals surface area contributed by atoms with Crippen LogP contribution in [-0.4, -0.2) is 44.1 Å². The molecule has 0 spiro atoms. The lowest BCUT2D eigenvalue weighted by Crippen LogP contribution is -2.56. The van der Waals surface area contributed by atoms with Crippen molar-refractivity contribution < 1.29 is 17.9 Å². The quantitative estimate of drug-likeness (QED) is 0.716. The molecule has 1 N–H and O–H groups in total. The summed E-state index contributed by atoms with van der Waals surface area (Å²) in [5.74, 6) is -0.562. The zero-order valence-electron chi connectivity index (χ0n) is 9.95. The Kier molecular flexibility index (Phi) is 3.96. The monoisotopic (exact) mass is 249 g/mol. The molecule has 1 fully saturated rings. The van der Waals surface area contributed by atoms with Crippen LogP contribution in [0, 0.1) is 0 Å². The van der Waals surface area contributed by atoms with Crippen LogP contribution in [0.15, 0.2) is 0 Å². The second-order valence-electron chi connectivity index (χ2n) is 4.44. The molecule has 0 aromatic rings. The van der Waals surface area contributed by atoms with Gasteiger partial charge in [0.15, 0.2) is 9.84 Å². The van der Waals surface area contributed by atoms with Crippen LogP contribution in [0.25, 0.3) is 0 Å². The Morgan fingerprint density at radius 2 is 2.12 bits per heavy atom. The maximum atomic E-state index is 11.8. The second kappa shape index (κ2) is 4.71. The molecule has 16 heavy (non-hydrogen) atoms. The van der Waals surface area contributed by atoms with Gasteiger partial charge in [0.05, 0.1) is 18.1 Å². The maximum Gasteiger partial charge on any atom is 0.327 e. The van der Waals surface area contributed by atoms with Gasteiger partial charge in [-0.1, -0.05) is 0 Å². The maximum absolute atomic E-state index is 11.8. The zero-order chi connectivity index (χ0) is 12.4. The van der Waals surface area contributed by atoms with Crippen LogP contribution in [0.5, 0.6) is 0 Å². The van der Waals surface area contributed by atoms with Gasteiger partial charge in [0.25, 0.3) is 0 Å². The van der Waals surface area contributed by atoms with Crippen molar-refractivity contribution in [2.45, 2.75) is 38.8 Å². The summed E-state index contributed by atoms with van der Waals surface area (Å²) in [6.45, 7) is 5.74. The summed E-state index contributed by atoms with van der Waals surface area (Å²) < 4.78 is 27.9. The number of hydrogen-bond donors (Lipinski definition) is 1. The van der Waals surface area contributed by atoms with E-state index in [2.05, 4.69) is 5.32 Å². The van der Waals surface area contributed by atoms with E-state index in [0.29, 0.717) is 6.42 Å². The molecule has 0 aromatic heterocycles. The van der Waals surface area contributed by atoms with Crippen molar-refractivity contribution in [1.29, 1.82) is 0 Å². The largest absolute Gasteiger partial charge is 0.465 e. The predicted octanol–water partition coefficient (Wildman–Crippen LogP) is 0.105. The van der Waals surface area contributed by atoms with Gasteiger partial charge in [-0.3, -0.25) is 10.1 Å². The SMILES string of the molecule is CCOC(=O)C1(NC(C)C)CCS(=O)(=O)C1. The van der Waals surface area contributed by atoms with E-state index in [4.69, 9.17) is 4.74 Å². The van der Waals surface area contributed by atoms with E-state index in [-0.39, 0.29) is 24.2 Å². The molecule has 0 bridgehead atoms. The summed E-state index contributed by atoms with van der Waals surface area (Å²) in [5.41, 5.74) is -1.04.